The zero-order valence-corrected chi connectivity index (χ0v) is 15.9. The Morgan fingerprint density at radius 3 is 2.85 bits per heavy atom. The van der Waals surface area contributed by atoms with E-state index in [1.54, 1.807) is 0 Å². The summed E-state index contributed by atoms with van der Waals surface area (Å²) in [6, 6.07) is 12.3. The molecule has 0 radical (unpaired) electrons. The minimum atomic E-state index is -3.16. The van der Waals surface area contributed by atoms with Crippen LogP contribution in [0.25, 0.3) is 0 Å². The predicted molar refractivity (Wildman–Crippen MR) is 100 cm³/mol. The van der Waals surface area contributed by atoms with Gasteiger partial charge in [0.2, 0.25) is 10.0 Å². The first-order valence-corrected chi connectivity index (χ1v) is 10.7. The lowest BCUT2D eigenvalue weighted by molar-refractivity contribution is 0.0745. The van der Waals surface area contributed by atoms with Crippen LogP contribution in [-0.2, 0) is 27.9 Å². The van der Waals surface area contributed by atoms with E-state index in [4.69, 9.17) is 4.74 Å². The summed E-state index contributed by atoms with van der Waals surface area (Å²) in [6.07, 6.45) is 3.70. The van der Waals surface area contributed by atoms with E-state index in [9.17, 15) is 8.42 Å². The van der Waals surface area contributed by atoms with Gasteiger partial charge in [0.15, 0.2) is 0 Å². The Hall–Kier alpha value is -1.74. The molecule has 1 aliphatic rings. The molecule has 1 aromatic heterocycles. The summed E-state index contributed by atoms with van der Waals surface area (Å²) in [7, 11) is -3.16. The highest BCUT2D eigenvalue weighted by atomic mass is 32.2. The van der Waals surface area contributed by atoms with Crippen molar-refractivity contribution >= 4 is 10.0 Å². The zero-order chi connectivity index (χ0) is 18.4. The second kappa shape index (κ2) is 8.77. The fourth-order valence-corrected chi connectivity index (χ4v) is 3.71. The van der Waals surface area contributed by atoms with Gasteiger partial charge < -0.3 is 4.74 Å². The van der Waals surface area contributed by atoms with Gasteiger partial charge in [0.1, 0.15) is 0 Å². The van der Waals surface area contributed by atoms with E-state index in [0.717, 1.165) is 25.3 Å². The van der Waals surface area contributed by atoms with Crippen molar-refractivity contribution in [2.24, 2.45) is 0 Å². The molecule has 0 saturated carbocycles. The van der Waals surface area contributed by atoms with Crippen LogP contribution < -0.4 is 4.72 Å². The van der Waals surface area contributed by atoms with E-state index >= 15 is 0 Å². The third-order valence-corrected chi connectivity index (χ3v) is 5.19. The summed E-state index contributed by atoms with van der Waals surface area (Å²) in [5.74, 6) is 0. The Morgan fingerprint density at radius 1 is 1.27 bits per heavy atom. The van der Waals surface area contributed by atoms with Gasteiger partial charge in [-0.2, -0.15) is 5.10 Å². The van der Waals surface area contributed by atoms with Crippen molar-refractivity contribution < 1.29 is 13.2 Å². The van der Waals surface area contributed by atoms with Crippen molar-refractivity contribution in [1.82, 2.24) is 19.4 Å². The summed E-state index contributed by atoms with van der Waals surface area (Å²) in [4.78, 5) is 2.34. The summed E-state index contributed by atoms with van der Waals surface area (Å²) >= 11 is 0. The van der Waals surface area contributed by atoms with Crippen molar-refractivity contribution in [3.05, 3.63) is 53.9 Å². The lowest BCUT2D eigenvalue weighted by Gasteiger charge is -2.33. The van der Waals surface area contributed by atoms with E-state index < -0.39 is 10.0 Å². The molecule has 1 unspecified atom stereocenters. The number of fused-ring (bicyclic) bond motifs is 1. The van der Waals surface area contributed by atoms with Gasteiger partial charge in [0.25, 0.3) is 0 Å². The monoisotopic (exact) mass is 378 g/mol. The highest BCUT2D eigenvalue weighted by molar-refractivity contribution is 7.88. The maximum Gasteiger partial charge on any atom is 0.208 e. The molecule has 1 aromatic carbocycles. The first-order chi connectivity index (χ1) is 12.5. The van der Waals surface area contributed by atoms with E-state index in [0.29, 0.717) is 26.2 Å². The fourth-order valence-electron chi connectivity index (χ4n) is 3.22. The van der Waals surface area contributed by atoms with Crippen LogP contribution in [-0.4, -0.2) is 55.6 Å². The number of ether oxygens (including phenoxy) is 1. The van der Waals surface area contributed by atoms with E-state index in [1.165, 1.54) is 11.8 Å². The molecule has 0 spiro atoms. The number of nitrogens with zero attached hydrogens (tertiary/aromatic N) is 3. The molecule has 0 fully saturated rings. The summed E-state index contributed by atoms with van der Waals surface area (Å²) in [6.45, 7) is 4.22. The van der Waals surface area contributed by atoms with Gasteiger partial charge in [-0.3, -0.25) is 9.58 Å². The summed E-state index contributed by atoms with van der Waals surface area (Å²) in [5, 5.41) is 4.41. The van der Waals surface area contributed by atoms with Crippen LogP contribution in [0.15, 0.2) is 42.6 Å². The van der Waals surface area contributed by atoms with Crippen molar-refractivity contribution in [1.29, 1.82) is 0 Å². The molecule has 1 aliphatic heterocycles. The molecule has 0 amide bonds. The van der Waals surface area contributed by atoms with Gasteiger partial charge in [0, 0.05) is 32.4 Å². The van der Waals surface area contributed by atoms with Gasteiger partial charge in [-0.25, -0.2) is 13.1 Å². The number of nitrogens with one attached hydrogen (secondary N) is 1. The largest absolute Gasteiger partial charge is 0.375 e. The van der Waals surface area contributed by atoms with Gasteiger partial charge >= 0.3 is 0 Å². The first-order valence-electron chi connectivity index (χ1n) is 8.82. The van der Waals surface area contributed by atoms with Crippen LogP contribution in [0, 0.1) is 0 Å². The number of sulfonamides is 1. The Kier molecular flexibility index (Phi) is 6.42. The third kappa shape index (κ3) is 5.63. The normalized spacial score (nSPS) is 18.0. The molecule has 8 heteroatoms. The predicted octanol–water partition coefficient (Wildman–Crippen LogP) is 1.40. The molecule has 7 nitrogen and oxygen atoms in total. The molecule has 1 atom stereocenters. The van der Waals surface area contributed by atoms with Crippen molar-refractivity contribution in [2.45, 2.75) is 25.6 Å². The number of hydrogen-bond donors (Lipinski definition) is 1. The highest BCUT2D eigenvalue weighted by Crippen LogP contribution is 2.22. The lowest BCUT2D eigenvalue weighted by atomic mass is 10.1. The number of hydrogen-bond acceptors (Lipinski definition) is 5. The average molecular weight is 378 g/mol. The Labute approximate surface area is 155 Å². The van der Waals surface area contributed by atoms with E-state index in [2.05, 4.69) is 26.9 Å². The Bertz CT molecular complexity index is 792. The van der Waals surface area contributed by atoms with Crippen LogP contribution in [0.1, 0.15) is 23.7 Å². The second-order valence-electron chi connectivity index (χ2n) is 6.65. The van der Waals surface area contributed by atoms with Crippen LogP contribution in [0.5, 0.6) is 0 Å². The number of rotatable bonds is 9. The molecular formula is C18H26N4O3S. The van der Waals surface area contributed by atoms with Crippen molar-refractivity contribution in [3.63, 3.8) is 0 Å². The van der Waals surface area contributed by atoms with Crippen LogP contribution >= 0.6 is 0 Å². The minimum Gasteiger partial charge on any atom is -0.375 e. The topological polar surface area (TPSA) is 76.5 Å². The number of benzene rings is 1. The summed E-state index contributed by atoms with van der Waals surface area (Å²) in [5.41, 5.74) is 2.33. The van der Waals surface area contributed by atoms with Gasteiger partial charge in [-0.05, 0) is 18.1 Å². The quantitative estimate of drug-likeness (QED) is 0.668. The second-order valence-corrected chi connectivity index (χ2v) is 8.48. The van der Waals surface area contributed by atoms with Crippen LogP contribution in [0.4, 0.5) is 0 Å². The smallest absolute Gasteiger partial charge is 0.208 e. The maximum absolute atomic E-state index is 11.3. The minimum absolute atomic E-state index is 0.164. The molecule has 1 N–H and O–H groups in total. The first kappa shape index (κ1) is 19.0. The third-order valence-electron chi connectivity index (χ3n) is 4.46. The molecule has 2 aromatic rings. The van der Waals surface area contributed by atoms with E-state index in [1.807, 2.05) is 35.1 Å². The van der Waals surface area contributed by atoms with Crippen LogP contribution in [0.3, 0.4) is 0 Å². The lowest BCUT2D eigenvalue weighted by Crippen LogP contribution is -2.40. The van der Waals surface area contributed by atoms with Crippen LogP contribution in [0.2, 0.25) is 0 Å². The summed E-state index contributed by atoms with van der Waals surface area (Å²) < 4.78 is 32.9. The standard InChI is InChI=1S/C18H26N4O3S/c1-26(23,24)20-10-8-18-14-21(13-17-7-9-19-22(17)18)11-12-25-15-16-5-3-2-4-6-16/h2-7,9,18,20H,8,10-15H2,1H3. The van der Waals surface area contributed by atoms with Gasteiger partial charge in [-0.15, -0.1) is 0 Å². The Morgan fingerprint density at radius 2 is 2.08 bits per heavy atom. The van der Waals surface area contributed by atoms with E-state index in [-0.39, 0.29) is 6.04 Å². The zero-order valence-electron chi connectivity index (χ0n) is 15.0. The highest BCUT2D eigenvalue weighted by Gasteiger charge is 2.25. The molecule has 142 valence electrons. The molecule has 0 bridgehead atoms. The van der Waals surface area contributed by atoms with Gasteiger partial charge in [-0.1, -0.05) is 30.3 Å². The molecule has 0 aliphatic carbocycles. The average Bonchev–Trinajstić information content (AvgIpc) is 3.07. The number of aromatic nitrogens is 2. The molecule has 3 rings (SSSR count). The fraction of sp³-hybridized carbons (Fsp3) is 0.500. The molecular weight excluding hydrogens is 352 g/mol. The van der Waals surface area contributed by atoms with Crippen molar-refractivity contribution in [2.75, 3.05) is 32.5 Å². The Balaban J connectivity index is 1.48. The molecule has 2 heterocycles. The maximum atomic E-state index is 11.3. The SMILES string of the molecule is CS(=O)(=O)NCCC1CN(CCOCc2ccccc2)Cc2ccnn21. The van der Waals surface area contributed by atoms with Gasteiger partial charge in [0.05, 0.1) is 31.2 Å². The molecule has 0 saturated heterocycles. The molecule has 26 heavy (non-hydrogen) atoms. The van der Waals surface area contributed by atoms with Crippen molar-refractivity contribution in [3.8, 4) is 0 Å².